The van der Waals surface area contributed by atoms with Gasteiger partial charge in [-0.25, -0.2) is 0 Å². The Labute approximate surface area is 194 Å². The van der Waals surface area contributed by atoms with Crippen molar-refractivity contribution >= 4 is 17.7 Å². The summed E-state index contributed by atoms with van der Waals surface area (Å²) in [6.07, 6.45) is -4.48. The summed E-state index contributed by atoms with van der Waals surface area (Å²) < 4.78 is 45.6. The Morgan fingerprint density at radius 2 is 1.58 bits per heavy atom. The van der Waals surface area contributed by atoms with Crippen LogP contribution in [-0.4, -0.2) is 35.5 Å². The van der Waals surface area contributed by atoms with Gasteiger partial charge >= 0.3 is 12.1 Å². The van der Waals surface area contributed by atoms with Crippen LogP contribution in [0.15, 0.2) is 30.3 Å². The lowest BCUT2D eigenvalue weighted by atomic mass is 9.88. The first-order valence-electron chi connectivity index (χ1n) is 11.3. The SMILES string of the molecule is CC(C)CCC(=O)[C@H](Cc1ccccc1)NC(=O)C(CC(=O)OC(C)(C)C)C(C)C(F)(F)F. The van der Waals surface area contributed by atoms with E-state index < -0.39 is 48.0 Å². The van der Waals surface area contributed by atoms with Gasteiger partial charge in [0.1, 0.15) is 5.60 Å². The maximum atomic E-state index is 13.5. The Kier molecular flexibility index (Phi) is 10.6. The van der Waals surface area contributed by atoms with Crippen LogP contribution in [0.4, 0.5) is 13.2 Å². The number of ketones is 1. The molecule has 0 saturated carbocycles. The van der Waals surface area contributed by atoms with E-state index in [9.17, 15) is 27.6 Å². The summed E-state index contributed by atoms with van der Waals surface area (Å²) in [6, 6.07) is 7.95. The lowest BCUT2D eigenvalue weighted by molar-refractivity contribution is -0.190. The number of esters is 1. The first-order chi connectivity index (χ1) is 15.1. The van der Waals surface area contributed by atoms with Crippen LogP contribution in [0.2, 0.25) is 0 Å². The van der Waals surface area contributed by atoms with Crippen LogP contribution in [0.25, 0.3) is 0 Å². The molecule has 3 atom stereocenters. The van der Waals surface area contributed by atoms with Crippen molar-refractivity contribution in [3.63, 3.8) is 0 Å². The molecular formula is C25H36F3NO4. The van der Waals surface area contributed by atoms with Crippen molar-refractivity contribution in [1.29, 1.82) is 0 Å². The number of hydrogen-bond acceptors (Lipinski definition) is 4. The molecule has 0 fully saturated rings. The molecule has 1 aromatic carbocycles. The quantitative estimate of drug-likeness (QED) is 0.447. The Balaban J connectivity index is 3.12. The van der Waals surface area contributed by atoms with Crippen LogP contribution in [0.3, 0.4) is 0 Å². The van der Waals surface area contributed by atoms with Gasteiger partial charge in [0.05, 0.1) is 24.3 Å². The zero-order valence-electron chi connectivity index (χ0n) is 20.3. The molecule has 1 N–H and O–H groups in total. The van der Waals surface area contributed by atoms with Gasteiger partial charge in [-0.05, 0) is 45.1 Å². The number of alkyl halides is 3. The molecular weight excluding hydrogens is 435 g/mol. The van der Waals surface area contributed by atoms with Crippen molar-refractivity contribution < 1.29 is 32.3 Å². The van der Waals surface area contributed by atoms with Gasteiger partial charge in [-0.3, -0.25) is 14.4 Å². The number of amides is 1. The van der Waals surface area contributed by atoms with Gasteiger partial charge in [0.15, 0.2) is 5.78 Å². The molecule has 33 heavy (non-hydrogen) atoms. The lowest BCUT2D eigenvalue weighted by Gasteiger charge is -2.28. The molecule has 0 aliphatic rings. The number of halogens is 3. The molecule has 0 radical (unpaired) electrons. The summed E-state index contributed by atoms with van der Waals surface area (Å²) in [7, 11) is 0. The number of carbonyl (C=O) groups excluding carboxylic acids is 3. The molecule has 5 nitrogen and oxygen atoms in total. The molecule has 0 aliphatic carbocycles. The number of nitrogens with one attached hydrogen (secondary N) is 1. The molecule has 0 saturated heterocycles. The van der Waals surface area contributed by atoms with E-state index >= 15 is 0 Å². The van der Waals surface area contributed by atoms with Crippen LogP contribution >= 0.6 is 0 Å². The molecule has 0 aliphatic heterocycles. The molecule has 1 aromatic rings. The topological polar surface area (TPSA) is 72.5 Å². The largest absolute Gasteiger partial charge is 0.460 e. The highest BCUT2D eigenvalue weighted by molar-refractivity contribution is 5.91. The number of benzene rings is 1. The fourth-order valence-corrected chi connectivity index (χ4v) is 3.27. The van der Waals surface area contributed by atoms with E-state index in [1.807, 2.05) is 13.8 Å². The predicted molar refractivity (Wildman–Crippen MR) is 120 cm³/mol. The van der Waals surface area contributed by atoms with E-state index in [1.165, 1.54) is 0 Å². The molecule has 0 spiro atoms. The number of ether oxygens (including phenoxy) is 1. The first kappa shape index (κ1) is 28.7. The zero-order valence-corrected chi connectivity index (χ0v) is 20.3. The molecule has 2 unspecified atom stereocenters. The van der Waals surface area contributed by atoms with Gasteiger partial charge in [-0.1, -0.05) is 51.1 Å². The monoisotopic (exact) mass is 471 g/mol. The summed E-state index contributed by atoms with van der Waals surface area (Å²) >= 11 is 0. The third-order valence-corrected chi connectivity index (χ3v) is 5.22. The maximum Gasteiger partial charge on any atom is 0.392 e. The summed E-state index contributed by atoms with van der Waals surface area (Å²) in [5.41, 5.74) is -0.129. The Morgan fingerprint density at radius 3 is 2.06 bits per heavy atom. The minimum atomic E-state index is -4.69. The number of Topliss-reactive ketones (excluding diaryl/α,β-unsaturated/α-hetero) is 1. The Hall–Kier alpha value is -2.38. The number of hydrogen-bond donors (Lipinski definition) is 1. The van der Waals surface area contributed by atoms with Crippen molar-refractivity contribution in [1.82, 2.24) is 5.32 Å². The average Bonchev–Trinajstić information content (AvgIpc) is 2.67. The van der Waals surface area contributed by atoms with Crippen molar-refractivity contribution in [2.75, 3.05) is 0 Å². The minimum absolute atomic E-state index is 0.156. The number of rotatable bonds is 11. The molecule has 1 amide bonds. The third kappa shape index (κ3) is 10.9. The molecule has 8 heteroatoms. The van der Waals surface area contributed by atoms with E-state index in [0.29, 0.717) is 6.42 Å². The van der Waals surface area contributed by atoms with Gasteiger partial charge < -0.3 is 10.1 Å². The maximum absolute atomic E-state index is 13.5. The molecule has 186 valence electrons. The van der Waals surface area contributed by atoms with Crippen molar-refractivity contribution in [3.05, 3.63) is 35.9 Å². The summed E-state index contributed by atoms with van der Waals surface area (Å²) in [5, 5.41) is 2.51. The van der Waals surface area contributed by atoms with Gasteiger partial charge in [-0.2, -0.15) is 13.2 Å². The Morgan fingerprint density at radius 1 is 1.00 bits per heavy atom. The fraction of sp³-hybridized carbons (Fsp3) is 0.640. The Bertz CT molecular complexity index is 785. The van der Waals surface area contributed by atoms with Crippen molar-refractivity contribution in [2.24, 2.45) is 17.8 Å². The fourth-order valence-electron chi connectivity index (χ4n) is 3.27. The highest BCUT2D eigenvalue weighted by Gasteiger charge is 2.46. The second-order valence-electron chi connectivity index (χ2n) is 9.88. The first-order valence-corrected chi connectivity index (χ1v) is 11.3. The molecule has 0 heterocycles. The second kappa shape index (κ2) is 12.2. The van der Waals surface area contributed by atoms with Crippen molar-refractivity contribution in [3.8, 4) is 0 Å². The third-order valence-electron chi connectivity index (χ3n) is 5.22. The second-order valence-corrected chi connectivity index (χ2v) is 9.88. The number of carbonyl (C=O) groups is 3. The van der Waals surface area contributed by atoms with Gasteiger partial charge in [-0.15, -0.1) is 0 Å². The van der Waals surface area contributed by atoms with Crippen LogP contribution in [0.5, 0.6) is 0 Å². The van der Waals surface area contributed by atoms with Crippen LogP contribution in [0, 0.1) is 17.8 Å². The normalized spacial score (nSPS) is 15.0. The minimum Gasteiger partial charge on any atom is -0.460 e. The van der Waals surface area contributed by atoms with Crippen LogP contribution in [-0.2, 0) is 25.5 Å². The van der Waals surface area contributed by atoms with Gasteiger partial charge in [0, 0.05) is 6.42 Å². The summed E-state index contributed by atoms with van der Waals surface area (Å²) in [4.78, 5) is 38.1. The average molecular weight is 472 g/mol. The predicted octanol–water partition coefficient (Wildman–Crippen LogP) is 5.27. The van der Waals surface area contributed by atoms with Gasteiger partial charge in [0.25, 0.3) is 0 Å². The van der Waals surface area contributed by atoms with E-state index in [-0.39, 0.29) is 24.5 Å². The zero-order chi connectivity index (χ0) is 25.4. The van der Waals surface area contributed by atoms with E-state index in [0.717, 1.165) is 12.5 Å². The molecule has 0 bridgehead atoms. The van der Waals surface area contributed by atoms with Crippen molar-refractivity contribution in [2.45, 2.75) is 85.0 Å². The van der Waals surface area contributed by atoms with Crippen LogP contribution < -0.4 is 5.32 Å². The highest BCUT2D eigenvalue weighted by atomic mass is 19.4. The van der Waals surface area contributed by atoms with E-state index in [4.69, 9.17) is 4.74 Å². The summed E-state index contributed by atoms with van der Waals surface area (Å²) in [5.74, 6) is -5.68. The van der Waals surface area contributed by atoms with E-state index in [2.05, 4.69) is 5.32 Å². The van der Waals surface area contributed by atoms with Crippen LogP contribution in [0.1, 0.15) is 66.4 Å². The van der Waals surface area contributed by atoms with E-state index in [1.54, 1.807) is 51.1 Å². The standard InChI is InChI=1S/C25H36F3NO4/c1-16(2)12-13-21(30)20(14-18-10-8-7-9-11-18)29-23(32)19(17(3)25(26,27)28)15-22(31)33-24(4,5)6/h7-11,16-17,19-20H,12-15H2,1-6H3,(H,29,32)/t17?,19?,20-/m0/s1. The smallest absolute Gasteiger partial charge is 0.392 e. The molecule has 1 rings (SSSR count). The lowest BCUT2D eigenvalue weighted by Crippen LogP contribution is -2.48. The van der Waals surface area contributed by atoms with Gasteiger partial charge in [0.2, 0.25) is 5.91 Å². The highest BCUT2D eigenvalue weighted by Crippen LogP contribution is 2.34. The summed E-state index contributed by atoms with van der Waals surface area (Å²) in [6.45, 7) is 9.56. The molecule has 0 aromatic heterocycles.